The van der Waals surface area contributed by atoms with E-state index in [9.17, 15) is 5.26 Å². The fourth-order valence-electron chi connectivity index (χ4n) is 2.87. The van der Waals surface area contributed by atoms with Gasteiger partial charge in [0, 0.05) is 29.1 Å². The molecule has 0 amide bonds. The van der Waals surface area contributed by atoms with Gasteiger partial charge in [0.05, 0.1) is 17.7 Å². The van der Waals surface area contributed by atoms with E-state index in [0.717, 1.165) is 41.5 Å². The number of fused-ring (bicyclic) bond motifs is 1. The highest BCUT2D eigenvalue weighted by atomic mass is 16.5. The summed E-state index contributed by atoms with van der Waals surface area (Å²) in [7, 11) is 0. The third-order valence-electron chi connectivity index (χ3n) is 3.89. The molecular weight excluding hydrogens is 248 g/mol. The van der Waals surface area contributed by atoms with Crippen LogP contribution in [0.25, 0.3) is 10.8 Å². The molecule has 1 heterocycles. The first-order valence-corrected chi connectivity index (χ1v) is 7.08. The van der Waals surface area contributed by atoms with Crippen LogP contribution in [0.2, 0.25) is 0 Å². The highest BCUT2D eigenvalue weighted by molar-refractivity contribution is 5.97. The van der Waals surface area contributed by atoms with Gasteiger partial charge < -0.3 is 10.1 Å². The second kappa shape index (κ2) is 5.52. The third-order valence-corrected chi connectivity index (χ3v) is 3.89. The Labute approximate surface area is 119 Å². The lowest BCUT2D eigenvalue weighted by Gasteiger charge is -2.29. The van der Waals surface area contributed by atoms with E-state index < -0.39 is 0 Å². The molecule has 2 aromatic carbocycles. The zero-order chi connectivity index (χ0) is 13.9. The Hall–Kier alpha value is -2.05. The molecule has 2 aromatic rings. The van der Waals surface area contributed by atoms with Crippen LogP contribution in [0.4, 0.5) is 5.69 Å². The maximum absolute atomic E-state index is 9.20. The Kier molecular flexibility index (Phi) is 3.58. The summed E-state index contributed by atoms with van der Waals surface area (Å²) in [5.74, 6) is 0. The largest absolute Gasteiger partial charge is 0.382 e. The molecule has 0 aliphatic carbocycles. The summed E-state index contributed by atoms with van der Waals surface area (Å²) >= 11 is 0. The molecule has 1 fully saturated rings. The van der Waals surface area contributed by atoms with Gasteiger partial charge in [-0.3, -0.25) is 0 Å². The Bertz CT molecular complexity index is 660. The number of hydrogen-bond donors (Lipinski definition) is 1. The van der Waals surface area contributed by atoms with Gasteiger partial charge >= 0.3 is 0 Å². The molecule has 3 heteroatoms. The van der Waals surface area contributed by atoms with E-state index >= 15 is 0 Å². The Morgan fingerprint density at radius 2 is 2.00 bits per heavy atom. The van der Waals surface area contributed by atoms with E-state index in [1.165, 1.54) is 0 Å². The zero-order valence-electron chi connectivity index (χ0n) is 11.6. The minimum Gasteiger partial charge on any atom is -0.382 e. The summed E-state index contributed by atoms with van der Waals surface area (Å²) in [6.07, 6.45) is 2.36. The molecular formula is C17H18N2O. The average Bonchev–Trinajstić information content (AvgIpc) is 2.48. The fraction of sp³-hybridized carbons (Fsp3) is 0.353. The molecule has 0 radical (unpaired) electrons. The predicted molar refractivity (Wildman–Crippen MR) is 80.7 cm³/mol. The van der Waals surface area contributed by atoms with Crippen molar-refractivity contribution in [3.05, 3.63) is 42.0 Å². The number of nitriles is 1. The van der Waals surface area contributed by atoms with Crippen molar-refractivity contribution in [1.29, 1.82) is 5.26 Å². The van der Waals surface area contributed by atoms with Gasteiger partial charge in [-0.05, 0) is 31.9 Å². The van der Waals surface area contributed by atoms with Gasteiger partial charge in [0.25, 0.3) is 0 Å². The average molecular weight is 266 g/mol. The first kappa shape index (κ1) is 13.0. The molecule has 3 rings (SSSR count). The molecule has 1 saturated heterocycles. The SMILES string of the molecule is CC1CC(Nc2ccc(C#N)c3ccccc23)CCO1. The Balaban J connectivity index is 1.94. The predicted octanol–water partition coefficient (Wildman–Crippen LogP) is 3.69. The van der Waals surface area contributed by atoms with E-state index in [1.54, 1.807) is 0 Å². The first-order valence-electron chi connectivity index (χ1n) is 7.08. The Morgan fingerprint density at radius 3 is 2.75 bits per heavy atom. The van der Waals surface area contributed by atoms with E-state index in [0.29, 0.717) is 12.1 Å². The lowest BCUT2D eigenvalue weighted by atomic mass is 10.0. The van der Waals surface area contributed by atoms with E-state index in [2.05, 4.69) is 24.4 Å². The molecule has 0 spiro atoms. The number of anilines is 1. The number of nitrogens with one attached hydrogen (secondary N) is 1. The van der Waals surface area contributed by atoms with Crippen LogP contribution < -0.4 is 5.32 Å². The van der Waals surface area contributed by atoms with Gasteiger partial charge in [-0.1, -0.05) is 24.3 Å². The molecule has 1 aliphatic rings. The number of ether oxygens (including phenoxy) is 1. The van der Waals surface area contributed by atoms with E-state index in [-0.39, 0.29) is 0 Å². The Morgan fingerprint density at radius 1 is 1.20 bits per heavy atom. The maximum Gasteiger partial charge on any atom is 0.0998 e. The van der Waals surface area contributed by atoms with Crippen LogP contribution in [0.15, 0.2) is 36.4 Å². The summed E-state index contributed by atoms with van der Waals surface area (Å²) in [6, 6.07) is 14.7. The highest BCUT2D eigenvalue weighted by Gasteiger charge is 2.19. The summed E-state index contributed by atoms with van der Waals surface area (Å²) in [6.45, 7) is 2.93. The molecule has 2 unspecified atom stereocenters. The molecule has 2 atom stereocenters. The van der Waals surface area contributed by atoms with Crippen LogP contribution in [0.1, 0.15) is 25.3 Å². The number of benzene rings is 2. The van der Waals surface area contributed by atoms with Gasteiger partial charge in [0.2, 0.25) is 0 Å². The number of rotatable bonds is 2. The highest BCUT2D eigenvalue weighted by Crippen LogP contribution is 2.28. The monoisotopic (exact) mass is 266 g/mol. The van der Waals surface area contributed by atoms with Crippen molar-refractivity contribution in [3.8, 4) is 6.07 Å². The summed E-state index contributed by atoms with van der Waals surface area (Å²) in [5, 5.41) is 14.9. The quantitative estimate of drug-likeness (QED) is 0.901. The van der Waals surface area contributed by atoms with Crippen LogP contribution in [-0.2, 0) is 4.74 Å². The van der Waals surface area contributed by atoms with Crippen molar-refractivity contribution in [1.82, 2.24) is 0 Å². The van der Waals surface area contributed by atoms with Crippen LogP contribution >= 0.6 is 0 Å². The standard InChI is InChI=1S/C17H18N2O/c1-12-10-14(8-9-20-12)19-17-7-6-13(11-18)15-4-2-3-5-16(15)17/h2-7,12,14,19H,8-10H2,1H3. The normalized spacial score (nSPS) is 22.4. The lowest BCUT2D eigenvalue weighted by Crippen LogP contribution is -2.32. The summed E-state index contributed by atoms with van der Waals surface area (Å²) in [5.41, 5.74) is 1.84. The maximum atomic E-state index is 9.20. The zero-order valence-corrected chi connectivity index (χ0v) is 11.6. The fourth-order valence-corrected chi connectivity index (χ4v) is 2.87. The first-order chi connectivity index (χ1) is 9.78. The van der Waals surface area contributed by atoms with Crippen molar-refractivity contribution in [2.24, 2.45) is 0 Å². The van der Waals surface area contributed by atoms with Crippen molar-refractivity contribution in [2.45, 2.75) is 31.9 Å². The van der Waals surface area contributed by atoms with Crippen molar-refractivity contribution in [2.75, 3.05) is 11.9 Å². The molecule has 0 aromatic heterocycles. The number of hydrogen-bond acceptors (Lipinski definition) is 3. The van der Waals surface area contributed by atoms with Crippen molar-refractivity contribution in [3.63, 3.8) is 0 Å². The second-order valence-electron chi connectivity index (χ2n) is 5.37. The van der Waals surface area contributed by atoms with Crippen molar-refractivity contribution >= 4 is 16.5 Å². The summed E-state index contributed by atoms with van der Waals surface area (Å²) in [4.78, 5) is 0. The number of nitrogens with zero attached hydrogens (tertiary/aromatic N) is 1. The molecule has 0 saturated carbocycles. The van der Waals surface area contributed by atoms with Crippen LogP contribution in [0, 0.1) is 11.3 Å². The topological polar surface area (TPSA) is 45.0 Å². The second-order valence-corrected chi connectivity index (χ2v) is 5.37. The lowest BCUT2D eigenvalue weighted by molar-refractivity contribution is 0.0232. The van der Waals surface area contributed by atoms with Crippen LogP contribution in [0.3, 0.4) is 0 Å². The van der Waals surface area contributed by atoms with E-state index in [4.69, 9.17) is 4.74 Å². The molecule has 0 bridgehead atoms. The molecule has 20 heavy (non-hydrogen) atoms. The molecule has 102 valence electrons. The molecule has 3 nitrogen and oxygen atoms in total. The van der Waals surface area contributed by atoms with Crippen LogP contribution in [-0.4, -0.2) is 18.8 Å². The van der Waals surface area contributed by atoms with Gasteiger partial charge in [0.1, 0.15) is 0 Å². The van der Waals surface area contributed by atoms with Gasteiger partial charge in [0.15, 0.2) is 0 Å². The van der Waals surface area contributed by atoms with E-state index in [1.807, 2.05) is 30.3 Å². The third kappa shape index (κ3) is 2.48. The summed E-state index contributed by atoms with van der Waals surface area (Å²) < 4.78 is 5.59. The van der Waals surface area contributed by atoms with Gasteiger partial charge in [-0.15, -0.1) is 0 Å². The minimum atomic E-state index is 0.311. The molecule has 1 aliphatic heterocycles. The van der Waals surface area contributed by atoms with Crippen molar-refractivity contribution < 1.29 is 4.74 Å². The van der Waals surface area contributed by atoms with Crippen LogP contribution in [0.5, 0.6) is 0 Å². The van der Waals surface area contributed by atoms with Gasteiger partial charge in [-0.25, -0.2) is 0 Å². The minimum absolute atomic E-state index is 0.311. The smallest absolute Gasteiger partial charge is 0.0998 e. The van der Waals surface area contributed by atoms with Gasteiger partial charge in [-0.2, -0.15) is 5.26 Å². The molecule has 1 N–H and O–H groups in total.